The van der Waals surface area contributed by atoms with Crippen LogP contribution in [0, 0.1) is 0 Å². The first kappa shape index (κ1) is 27.3. The summed E-state index contributed by atoms with van der Waals surface area (Å²) < 4.78 is 0.369. The SMILES string of the molecule is CC(C(=O)[N+]12CCC=C3CCC(=O)C(=C31)C1=C2CCCC1)N1CCN(Cc2ccccc2)CC1.Cl.Cl. The second kappa shape index (κ2) is 10.9. The van der Waals surface area contributed by atoms with Crippen molar-refractivity contribution in [1.82, 2.24) is 9.80 Å². The van der Waals surface area contributed by atoms with Crippen LogP contribution in [-0.4, -0.2) is 64.7 Å². The maximum Gasteiger partial charge on any atom is 0.340 e. The Hall–Kier alpha value is -1.76. The summed E-state index contributed by atoms with van der Waals surface area (Å²) in [5.74, 6) is 0.578. The van der Waals surface area contributed by atoms with Crippen molar-refractivity contribution in [1.29, 1.82) is 0 Å². The minimum Gasteiger partial charge on any atom is -0.297 e. The van der Waals surface area contributed by atoms with Gasteiger partial charge in [-0.05, 0) is 38.2 Å². The first-order valence-corrected chi connectivity index (χ1v) is 13.2. The lowest BCUT2D eigenvalue weighted by molar-refractivity contribution is -0.777. The monoisotopic (exact) mass is 530 g/mol. The highest BCUT2D eigenvalue weighted by atomic mass is 35.5. The van der Waals surface area contributed by atoms with E-state index < -0.39 is 0 Å². The normalized spacial score (nSPS) is 26.9. The molecule has 6 rings (SSSR count). The summed E-state index contributed by atoms with van der Waals surface area (Å²) in [6.07, 6.45) is 8.85. The lowest BCUT2D eigenvalue weighted by Gasteiger charge is -2.44. The molecular weight excluding hydrogens is 493 g/mol. The smallest absolute Gasteiger partial charge is 0.297 e. The first-order chi connectivity index (χ1) is 16.6. The van der Waals surface area contributed by atoms with Crippen molar-refractivity contribution < 1.29 is 14.1 Å². The van der Waals surface area contributed by atoms with Crippen molar-refractivity contribution in [3.63, 3.8) is 0 Å². The second-order valence-corrected chi connectivity index (χ2v) is 10.6. The van der Waals surface area contributed by atoms with E-state index >= 15 is 0 Å². The third-order valence-corrected chi connectivity index (χ3v) is 8.82. The van der Waals surface area contributed by atoms with E-state index in [1.165, 1.54) is 22.4 Å². The van der Waals surface area contributed by atoms with E-state index in [1.54, 1.807) is 0 Å². The van der Waals surface area contributed by atoms with Gasteiger partial charge >= 0.3 is 5.91 Å². The fraction of sp³-hybridized carbons (Fsp3) is 0.517. The highest BCUT2D eigenvalue weighted by molar-refractivity contribution is 6.04. The maximum absolute atomic E-state index is 14.5. The molecule has 0 saturated carbocycles. The van der Waals surface area contributed by atoms with Crippen molar-refractivity contribution in [2.75, 3.05) is 32.7 Å². The molecule has 2 atom stereocenters. The van der Waals surface area contributed by atoms with Gasteiger partial charge in [0.05, 0.1) is 12.1 Å². The van der Waals surface area contributed by atoms with Crippen LogP contribution >= 0.6 is 24.8 Å². The molecule has 2 aliphatic carbocycles. The summed E-state index contributed by atoms with van der Waals surface area (Å²) in [4.78, 5) is 32.5. The second-order valence-electron chi connectivity index (χ2n) is 10.6. The quantitative estimate of drug-likeness (QED) is 0.503. The van der Waals surface area contributed by atoms with Gasteiger partial charge in [0.2, 0.25) is 0 Å². The Bertz CT molecular complexity index is 1120. The molecule has 2 unspecified atom stereocenters. The van der Waals surface area contributed by atoms with E-state index in [1.807, 2.05) is 0 Å². The summed E-state index contributed by atoms with van der Waals surface area (Å²) in [5.41, 5.74) is 7.18. The standard InChI is InChI=1S/C29H36N3O2.2ClH/c1-21(31-17-15-30(16-18-31)20-22-8-3-2-4-9-22)29(34)32-19-7-10-23-13-14-26(33)27(28(23)32)24-11-5-6-12-25(24)32;;/h2-4,8-10,21H,5-7,11-20H2,1H3;2*1H/q+1;;. The Morgan fingerprint density at radius 2 is 1.69 bits per heavy atom. The zero-order chi connectivity index (χ0) is 23.3. The molecule has 3 heterocycles. The Kier molecular flexibility index (Phi) is 8.28. The van der Waals surface area contributed by atoms with E-state index in [0.29, 0.717) is 16.8 Å². The Labute approximate surface area is 227 Å². The van der Waals surface area contributed by atoms with Gasteiger partial charge in [0, 0.05) is 63.1 Å². The number of hydrogen-bond acceptors (Lipinski definition) is 4. The van der Waals surface area contributed by atoms with Crippen molar-refractivity contribution >= 4 is 36.5 Å². The van der Waals surface area contributed by atoms with Gasteiger partial charge in [-0.15, -0.1) is 24.8 Å². The van der Waals surface area contributed by atoms with E-state index in [9.17, 15) is 9.59 Å². The van der Waals surface area contributed by atoms with Gasteiger partial charge in [-0.3, -0.25) is 14.6 Å². The molecule has 36 heavy (non-hydrogen) atoms. The molecule has 7 heteroatoms. The van der Waals surface area contributed by atoms with Gasteiger partial charge in [0.1, 0.15) is 11.7 Å². The molecule has 0 spiro atoms. The molecule has 0 bridgehead atoms. The molecule has 0 aromatic heterocycles. The lowest BCUT2D eigenvalue weighted by Crippen LogP contribution is -2.61. The largest absolute Gasteiger partial charge is 0.340 e. The molecule has 1 amide bonds. The predicted molar refractivity (Wildman–Crippen MR) is 147 cm³/mol. The zero-order valence-corrected chi connectivity index (χ0v) is 22.8. The topological polar surface area (TPSA) is 40.6 Å². The average molecular weight is 532 g/mol. The van der Waals surface area contributed by atoms with Crippen LogP contribution in [0.4, 0.5) is 0 Å². The lowest BCUT2D eigenvalue weighted by atomic mass is 9.84. The number of piperazine rings is 1. The number of carbonyl (C=O) groups excluding carboxylic acids is 2. The number of Topliss-reactive ketones (excluding diaryl/α,β-unsaturated/α-hetero) is 1. The zero-order valence-electron chi connectivity index (χ0n) is 21.2. The minimum absolute atomic E-state index is 0. The van der Waals surface area contributed by atoms with Gasteiger partial charge in [-0.2, -0.15) is 4.48 Å². The van der Waals surface area contributed by atoms with Crippen LogP contribution < -0.4 is 0 Å². The molecule has 3 aliphatic heterocycles. The summed E-state index contributed by atoms with van der Waals surface area (Å²) in [7, 11) is 0. The number of benzene rings is 1. The van der Waals surface area contributed by atoms with E-state index in [2.05, 4.69) is 53.1 Å². The van der Waals surface area contributed by atoms with Crippen LogP contribution in [-0.2, 0) is 16.1 Å². The van der Waals surface area contributed by atoms with Crippen molar-refractivity contribution in [3.8, 4) is 0 Å². The summed E-state index contributed by atoms with van der Waals surface area (Å²) >= 11 is 0. The number of amides is 1. The number of hydrogen-bond donors (Lipinski definition) is 0. The van der Waals surface area contributed by atoms with Crippen molar-refractivity contribution in [3.05, 3.63) is 70.1 Å². The molecule has 1 aromatic rings. The van der Waals surface area contributed by atoms with Gasteiger partial charge < -0.3 is 0 Å². The highest BCUT2D eigenvalue weighted by Gasteiger charge is 2.58. The molecule has 1 saturated heterocycles. The maximum atomic E-state index is 14.5. The molecular formula is C29H38Cl2N3O2+. The van der Waals surface area contributed by atoms with Crippen LogP contribution in [0.25, 0.3) is 0 Å². The van der Waals surface area contributed by atoms with Crippen molar-refractivity contribution in [2.24, 2.45) is 0 Å². The summed E-state index contributed by atoms with van der Waals surface area (Å²) in [6.45, 7) is 7.69. The van der Waals surface area contributed by atoms with E-state index in [-0.39, 0.29) is 36.6 Å². The number of carbonyl (C=O) groups is 2. The van der Waals surface area contributed by atoms with E-state index in [0.717, 1.165) is 89.1 Å². The fourth-order valence-electron chi connectivity index (χ4n) is 7.10. The molecule has 194 valence electrons. The van der Waals surface area contributed by atoms with Crippen LogP contribution in [0.1, 0.15) is 57.4 Å². The summed E-state index contributed by atoms with van der Waals surface area (Å²) in [5, 5.41) is 0. The highest BCUT2D eigenvalue weighted by Crippen LogP contribution is 2.54. The van der Waals surface area contributed by atoms with Gasteiger partial charge in [-0.25, -0.2) is 4.79 Å². The third-order valence-electron chi connectivity index (χ3n) is 8.82. The number of allylic oxidation sites excluding steroid dienone is 4. The Morgan fingerprint density at radius 1 is 0.972 bits per heavy atom. The minimum atomic E-state index is -0.141. The van der Waals surface area contributed by atoms with E-state index in [4.69, 9.17) is 0 Å². The third kappa shape index (κ3) is 4.33. The predicted octanol–water partition coefficient (Wildman–Crippen LogP) is 5.17. The van der Waals surface area contributed by atoms with Crippen molar-refractivity contribution in [2.45, 2.75) is 64.5 Å². The number of halogens is 2. The van der Waals surface area contributed by atoms with Gasteiger partial charge in [-0.1, -0.05) is 36.4 Å². The van der Waals surface area contributed by atoms with Gasteiger partial charge in [0.15, 0.2) is 11.5 Å². The number of fused-ring (bicyclic) bond motifs is 2. The molecule has 0 radical (unpaired) electrons. The molecule has 5 nitrogen and oxygen atoms in total. The van der Waals surface area contributed by atoms with Gasteiger partial charge in [0.25, 0.3) is 0 Å². The molecule has 1 fully saturated rings. The fourth-order valence-corrected chi connectivity index (χ4v) is 7.10. The van der Waals surface area contributed by atoms with Crippen LogP contribution in [0.15, 0.2) is 64.5 Å². The Balaban J connectivity index is 0.00000152. The number of rotatable bonds is 4. The molecule has 5 aliphatic rings. The number of quaternary nitrogens is 1. The Morgan fingerprint density at radius 3 is 2.44 bits per heavy atom. The number of nitrogens with zero attached hydrogens (tertiary/aromatic N) is 3. The number of ketones is 1. The molecule has 0 N–H and O–H groups in total. The van der Waals surface area contributed by atoms with Crippen LogP contribution in [0.3, 0.4) is 0 Å². The van der Waals surface area contributed by atoms with Crippen LogP contribution in [0.2, 0.25) is 0 Å². The summed E-state index contributed by atoms with van der Waals surface area (Å²) in [6, 6.07) is 10.5. The van der Waals surface area contributed by atoms with Crippen LogP contribution in [0.5, 0.6) is 0 Å². The first-order valence-electron chi connectivity index (χ1n) is 13.2. The molecule has 1 aromatic carbocycles. The average Bonchev–Trinajstić information content (AvgIpc) is 3.20.